The molecule has 2 aromatic carbocycles. The van der Waals surface area contributed by atoms with Gasteiger partial charge < -0.3 is 10.2 Å². The molecule has 0 heterocycles. The lowest BCUT2D eigenvalue weighted by molar-refractivity contribution is -0.139. The topological polar surface area (TPSA) is 49.4 Å². The van der Waals surface area contributed by atoms with Gasteiger partial charge in [0.25, 0.3) is 0 Å². The molecule has 2 amide bonds. The van der Waals surface area contributed by atoms with Crippen molar-refractivity contribution in [1.82, 2.24) is 10.2 Å². The highest BCUT2D eigenvalue weighted by Crippen LogP contribution is 2.25. The summed E-state index contributed by atoms with van der Waals surface area (Å²) in [6.45, 7) is 2.18. The lowest BCUT2D eigenvalue weighted by Crippen LogP contribution is -2.51. The van der Waals surface area contributed by atoms with Gasteiger partial charge in [0.2, 0.25) is 11.8 Å². The van der Waals surface area contributed by atoms with Crippen LogP contribution in [0, 0.1) is 5.82 Å². The minimum absolute atomic E-state index is 0.110. The van der Waals surface area contributed by atoms with Crippen LogP contribution in [0.2, 0.25) is 10.0 Å². The van der Waals surface area contributed by atoms with Gasteiger partial charge in [0, 0.05) is 18.3 Å². The second kappa shape index (κ2) is 12.6. The van der Waals surface area contributed by atoms with Crippen molar-refractivity contribution in [3.63, 3.8) is 0 Å². The highest BCUT2D eigenvalue weighted by atomic mass is 35.5. The number of hydrogen-bond donors (Lipinski definition) is 1. The summed E-state index contributed by atoms with van der Waals surface area (Å²) in [7, 11) is 0. The van der Waals surface area contributed by atoms with Gasteiger partial charge in [-0.3, -0.25) is 9.59 Å². The van der Waals surface area contributed by atoms with Crippen LogP contribution in [0.1, 0.15) is 50.2 Å². The highest BCUT2D eigenvalue weighted by molar-refractivity contribution is 7.99. The van der Waals surface area contributed by atoms with E-state index in [-0.39, 0.29) is 36.0 Å². The number of thioether (sulfide) groups is 1. The van der Waals surface area contributed by atoms with Crippen LogP contribution in [0.15, 0.2) is 42.5 Å². The van der Waals surface area contributed by atoms with E-state index in [1.807, 2.05) is 13.0 Å². The van der Waals surface area contributed by atoms with Crippen LogP contribution in [0.25, 0.3) is 0 Å². The molecule has 8 heteroatoms. The van der Waals surface area contributed by atoms with Gasteiger partial charge in [-0.05, 0) is 54.7 Å². The lowest BCUT2D eigenvalue weighted by Gasteiger charge is -2.31. The van der Waals surface area contributed by atoms with E-state index >= 15 is 0 Å². The second-order valence-electron chi connectivity index (χ2n) is 8.30. The second-order valence-corrected chi connectivity index (χ2v) is 10.1. The van der Waals surface area contributed by atoms with Crippen molar-refractivity contribution in [1.29, 1.82) is 0 Å². The number of nitrogens with one attached hydrogen (secondary N) is 1. The van der Waals surface area contributed by atoms with Gasteiger partial charge in [-0.25, -0.2) is 4.39 Å². The van der Waals surface area contributed by atoms with E-state index in [9.17, 15) is 14.0 Å². The van der Waals surface area contributed by atoms with Crippen LogP contribution >= 0.6 is 35.0 Å². The van der Waals surface area contributed by atoms with Crippen molar-refractivity contribution in [3.8, 4) is 0 Å². The summed E-state index contributed by atoms with van der Waals surface area (Å²) in [5.41, 5.74) is 1.75. The van der Waals surface area contributed by atoms with Gasteiger partial charge in [-0.1, -0.05) is 61.2 Å². The number of nitrogens with zero attached hydrogens (tertiary/aromatic N) is 1. The lowest BCUT2D eigenvalue weighted by atomic mass is 10.1. The summed E-state index contributed by atoms with van der Waals surface area (Å²) < 4.78 is 13.1. The van der Waals surface area contributed by atoms with Crippen LogP contribution in [-0.2, 0) is 21.9 Å². The molecule has 0 saturated heterocycles. The molecule has 0 bridgehead atoms. The first kappa shape index (κ1) is 25.9. The SMILES string of the molecule is CC[C@@H](C(=O)NC1CCCC1)N(Cc1ccc(Cl)c(Cl)c1)C(=O)CSCc1ccc(F)cc1. The van der Waals surface area contributed by atoms with Crippen LogP contribution in [0.4, 0.5) is 4.39 Å². The maximum atomic E-state index is 13.3. The molecule has 1 aliphatic carbocycles. The van der Waals surface area contributed by atoms with Gasteiger partial charge >= 0.3 is 0 Å². The average Bonchev–Trinajstić information content (AvgIpc) is 3.30. The van der Waals surface area contributed by atoms with Crippen molar-refractivity contribution in [2.24, 2.45) is 0 Å². The molecule has 0 spiro atoms. The maximum absolute atomic E-state index is 13.3. The molecule has 1 N–H and O–H groups in total. The van der Waals surface area contributed by atoms with Crippen LogP contribution in [0.3, 0.4) is 0 Å². The molecule has 0 unspecified atom stereocenters. The first-order valence-corrected chi connectivity index (χ1v) is 13.1. The molecule has 0 aromatic heterocycles. The molecule has 33 heavy (non-hydrogen) atoms. The van der Waals surface area contributed by atoms with Crippen LogP contribution < -0.4 is 5.32 Å². The molecular formula is C25H29Cl2FN2O2S. The highest BCUT2D eigenvalue weighted by Gasteiger charge is 2.30. The number of rotatable bonds is 10. The molecule has 1 fully saturated rings. The van der Waals surface area contributed by atoms with E-state index in [4.69, 9.17) is 23.2 Å². The van der Waals surface area contributed by atoms with Gasteiger partial charge in [0.05, 0.1) is 15.8 Å². The Labute approximate surface area is 209 Å². The standard InChI is InChI=1S/C25H29Cl2FN2O2S/c1-2-23(25(32)29-20-5-3-4-6-20)30(14-18-9-12-21(26)22(27)13-18)24(31)16-33-15-17-7-10-19(28)11-8-17/h7-13,20,23H,2-6,14-16H2,1H3,(H,29,32)/t23-/m0/s1. The van der Waals surface area contributed by atoms with Gasteiger partial charge in [-0.2, -0.15) is 0 Å². The smallest absolute Gasteiger partial charge is 0.243 e. The Morgan fingerprint density at radius 1 is 1.09 bits per heavy atom. The number of carbonyl (C=O) groups excluding carboxylic acids is 2. The number of carbonyl (C=O) groups is 2. The fourth-order valence-electron chi connectivity index (χ4n) is 4.04. The zero-order valence-corrected chi connectivity index (χ0v) is 21.0. The molecule has 1 aliphatic rings. The minimum atomic E-state index is -0.570. The van der Waals surface area contributed by atoms with Crippen molar-refractivity contribution < 1.29 is 14.0 Å². The molecule has 4 nitrogen and oxygen atoms in total. The summed E-state index contributed by atoms with van der Waals surface area (Å²) in [4.78, 5) is 28.1. The molecule has 0 radical (unpaired) electrons. The molecule has 2 aromatic rings. The largest absolute Gasteiger partial charge is 0.352 e. The summed E-state index contributed by atoms with van der Waals surface area (Å²) in [5.74, 6) is 0.276. The Kier molecular flexibility index (Phi) is 9.90. The summed E-state index contributed by atoms with van der Waals surface area (Å²) in [6.07, 6.45) is 4.71. The zero-order valence-electron chi connectivity index (χ0n) is 18.7. The Bertz CT molecular complexity index is 952. The van der Waals surface area contributed by atoms with Crippen molar-refractivity contribution >= 4 is 46.8 Å². The van der Waals surface area contributed by atoms with E-state index in [2.05, 4.69) is 5.32 Å². The Morgan fingerprint density at radius 3 is 2.39 bits per heavy atom. The summed E-state index contributed by atoms with van der Waals surface area (Å²) in [5, 5.41) is 3.99. The number of benzene rings is 2. The minimum Gasteiger partial charge on any atom is -0.352 e. The molecular weight excluding hydrogens is 482 g/mol. The summed E-state index contributed by atoms with van der Waals surface area (Å²) in [6, 6.07) is 11.1. The molecule has 178 valence electrons. The van der Waals surface area contributed by atoms with E-state index in [1.165, 1.54) is 23.9 Å². The monoisotopic (exact) mass is 510 g/mol. The maximum Gasteiger partial charge on any atom is 0.243 e. The predicted molar refractivity (Wildman–Crippen MR) is 134 cm³/mol. The van der Waals surface area contributed by atoms with Crippen LogP contribution in [0.5, 0.6) is 0 Å². The first-order chi connectivity index (χ1) is 15.9. The molecule has 0 aliphatic heterocycles. The van der Waals surface area contributed by atoms with E-state index in [0.29, 0.717) is 22.2 Å². The average molecular weight is 511 g/mol. The van der Waals surface area contributed by atoms with Gasteiger partial charge in [0.1, 0.15) is 11.9 Å². The van der Waals surface area contributed by atoms with Gasteiger partial charge in [-0.15, -0.1) is 11.8 Å². The Morgan fingerprint density at radius 2 is 1.76 bits per heavy atom. The summed E-state index contributed by atoms with van der Waals surface area (Å²) >= 11 is 13.7. The quantitative estimate of drug-likeness (QED) is 0.411. The van der Waals surface area contributed by atoms with E-state index in [0.717, 1.165) is 36.8 Å². The van der Waals surface area contributed by atoms with Crippen molar-refractivity contribution in [2.45, 2.75) is 63.4 Å². The fraction of sp³-hybridized carbons (Fsp3) is 0.440. The van der Waals surface area contributed by atoms with Crippen LogP contribution in [-0.4, -0.2) is 34.6 Å². The zero-order chi connectivity index (χ0) is 23.8. The molecule has 1 atom stereocenters. The Balaban J connectivity index is 1.71. The third-order valence-corrected chi connectivity index (χ3v) is 7.56. The fourth-order valence-corrected chi connectivity index (χ4v) is 5.23. The number of halogens is 3. The molecule has 1 saturated carbocycles. The number of hydrogen-bond acceptors (Lipinski definition) is 3. The van der Waals surface area contributed by atoms with E-state index < -0.39 is 6.04 Å². The predicted octanol–water partition coefficient (Wildman–Crippen LogP) is 6.23. The van der Waals surface area contributed by atoms with Crippen molar-refractivity contribution in [3.05, 3.63) is 69.5 Å². The first-order valence-electron chi connectivity index (χ1n) is 11.2. The van der Waals surface area contributed by atoms with E-state index in [1.54, 1.807) is 29.2 Å². The van der Waals surface area contributed by atoms with Crippen molar-refractivity contribution in [2.75, 3.05) is 5.75 Å². The third-order valence-electron chi connectivity index (χ3n) is 5.83. The Hall–Kier alpha value is -1.76. The third kappa shape index (κ3) is 7.62. The number of amides is 2. The molecule has 3 rings (SSSR count). The van der Waals surface area contributed by atoms with Gasteiger partial charge in [0.15, 0.2) is 0 Å². The normalized spacial score (nSPS) is 14.8.